The second kappa shape index (κ2) is 12.5. The minimum Gasteiger partial charge on any atom is -0.394 e. The van der Waals surface area contributed by atoms with Crippen LogP contribution in [-0.4, -0.2) is 69.0 Å². The molecule has 2 aromatic rings. The molecule has 3 heterocycles. The molecule has 0 saturated carbocycles. The van der Waals surface area contributed by atoms with E-state index in [-0.39, 0.29) is 30.2 Å². The van der Waals surface area contributed by atoms with E-state index in [1.807, 2.05) is 54.6 Å². The van der Waals surface area contributed by atoms with Crippen molar-refractivity contribution in [3.05, 3.63) is 60.2 Å². The average molecular weight is 607 g/mol. The van der Waals surface area contributed by atoms with Crippen molar-refractivity contribution in [2.45, 2.75) is 82.0 Å². The molecule has 8 nitrogen and oxygen atoms in total. The molecule has 3 saturated heterocycles. The zero-order valence-corrected chi connectivity index (χ0v) is 26.8. The van der Waals surface area contributed by atoms with Crippen molar-refractivity contribution in [1.82, 2.24) is 10.2 Å². The highest BCUT2D eigenvalue weighted by Crippen LogP contribution is 2.71. The molecule has 2 unspecified atom stereocenters. The third-order valence-electron chi connectivity index (χ3n) is 9.67. The molecule has 43 heavy (non-hydrogen) atoms. The van der Waals surface area contributed by atoms with Crippen LogP contribution in [0.15, 0.2) is 54.6 Å². The van der Waals surface area contributed by atoms with Crippen LogP contribution >= 0.6 is 11.8 Å². The van der Waals surface area contributed by atoms with Crippen LogP contribution < -0.4 is 15.5 Å². The van der Waals surface area contributed by atoms with Crippen LogP contribution in [0.25, 0.3) is 0 Å². The molecule has 3 amide bonds. The Bertz CT molecular complexity index is 1320. The Balaban J connectivity index is 1.47. The topological polar surface area (TPSA) is 102 Å². The molecular weight excluding hydrogens is 560 g/mol. The number of carbonyl (C=O) groups excluding carboxylic acids is 3. The second-order valence-corrected chi connectivity index (χ2v) is 14.7. The number of hydrogen-bond acceptors (Lipinski definition) is 6. The van der Waals surface area contributed by atoms with E-state index >= 15 is 0 Å². The molecule has 3 aliphatic rings. The molecular formula is C34H46N4O4S. The number of aliphatic hydroxyl groups excluding tert-OH is 1. The molecule has 1 spiro atoms. The highest BCUT2D eigenvalue weighted by molar-refractivity contribution is 8.02. The minimum atomic E-state index is -0.790. The first-order valence-electron chi connectivity index (χ1n) is 15.7. The molecule has 6 atom stereocenters. The van der Waals surface area contributed by atoms with Crippen LogP contribution in [0.3, 0.4) is 0 Å². The number of likely N-dealkylation sites (tertiary alicyclic amines) is 1. The Kier molecular flexibility index (Phi) is 9.14. The quantitative estimate of drug-likeness (QED) is 0.325. The van der Waals surface area contributed by atoms with E-state index in [1.54, 1.807) is 16.7 Å². The summed E-state index contributed by atoms with van der Waals surface area (Å²) in [5, 5.41) is 16.7. The van der Waals surface area contributed by atoms with Gasteiger partial charge in [-0.2, -0.15) is 0 Å². The SMILES string of the molecule is CCN(CC)c1ccc(NC(=O)C2N([C@@H](CO)CC(C)C)C(=O)[C@@H]3[C@@H](C(=O)NCc4ccccc4)[C@@]4(C)CCC23S4)cc1. The van der Waals surface area contributed by atoms with Crippen LogP contribution in [0.2, 0.25) is 0 Å². The second-order valence-electron chi connectivity index (χ2n) is 12.9. The monoisotopic (exact) mass is 606 g/mol. The number of nitrogens with zero attached hydrogens (tertiary/aromatic N) is 2. The van der Waals surface area contributed by atoms with Crippen molar-refractivity contribution in [2.24, 2.45) is 17.8 Å². The first-order chi connectivity index (χ1) is 20.6. The van der Waals surface area contributed by atoms with Gasteiger partial charge in [0, 0.05) is 35.8 Å². The smallest absolute Gasteiger partial charge is 0.248 e. The Morgan fingerprint density at radius 2 is 1.72 bits per heavy atom. The van der Waals surface area contributed by atoms with E-state index in [9.17, 15) is 19.5 Å². The lowest BCUT2D eigenvalue weighted by atomic mass is 9.66. The van der Waals surface area contributed by atoms with Crippen LogP contribution in [0.5, 0.6) is 0 Å². The minimum absolute atomic E-state index is 0.142. The summed E-state index contributed by atoms with van der Waals surface area (Å²) in [5.74, 6) is -1.56. The van der Waals surface area contributed by atoms with Crippen molar-refractivity contribution >= 4 is 40.9 Å². The van der Waals surface area contributed by atoms with E-state index in [0.717, 1.165) is 30.8 Å². The number of amides is 3. The van der Waals surface area contributed by atoms with Gasteiger partial charge in [0.2, 0.25) is 17.7 Å². The molecule has 5 rings (SSSR count). The van der Waals surface area contributed by atoms with Gasteiger partial charge in [-0.3, -0.25) is 14.4 Å². The number of aliphatic hydroxyl groups is 1. The Hall–Kier alpha value is -3.04. The lowest BCUT2D eigenvalue weighted by Crippen LogP contribution is -2.55. The average Bonchev–Trinajstić information content (AvgIpc) is 3.57. The molecule has 3 fully saturated rings. The molecule has 2 bridgehead atoms. The predicted molar refractivity (Wildman–Crippen MR) is 173 cm³/mol. The van der Waals surface area contributed by atoms with Crippen LogP contribution in [-0.2, 0) is 20.9 Å². The Morgan fingerprint density at radius 3 is 2.33 bits per heavy atom. The van der Waals surface area contributed by atoms with Crippen molar-refractivity contribution in [2.75, 3.05) is 29.9 Å². The number of anilines is 2. The molecule has 3 N–H and O–H groups in total. The summed E-state index contributed by atoms with van der Waals surface area (Å²) in [4.78, 5) is 46.6. The zero-order chi connectivity index (χ0) is 30.9. The van der Waals surface area contributed by atoms with Crippen molar-refractivity contribution in [3.8, 4) is 0 Å². The van der Waals surface area contributed by atoms with E-state index in [4.69, 9.17) is 0 Å². The maximum Gasteiger partial charge on any atom is 0.248 e. The summed E-state index contributed by atoms with van der Waals surface area (Å²) in [7, 11) is 0. The van der Waals surface area contributed by atoms with E-state index in [2.05, 4.69) is 50.2 Å². The third kappa shape index (κ3) is 5.66. The fourth-order valence-electron chi connectivity index (χ4n) is 7.73. The predicted octanol–water partition coefficient (Wildman–Crippen LogP) is 4.68. The summed E-state index contributed by atoms with van der Waals surface area (Å²) in [6, 6.07) is 16.3. The lowest BCUT2D eigenvalue weighted by molar-refractivity contribution is -0.143. The standard InChI is InChI=1S/C34H46N4O4S/c1-6-37(7-2)25-15-13-24(14-16-25)36-31(41)29-34-18-17-33(5,43-34)27(30(40)35-20-23-11-9-8-10-12-23)28(34)32(42)38(29)26(21-39)19-22(3)4/h8-16,22,26-29,39H,6-7,17-21H2,1-5H3,(H,35,40)(H,36,41)/t26-,27+,28+,29?,33-,34?/m1/s1. The van der Waals surface area contributed by atoms with Gasteiger partial charge in [0.1, 0.15) is 6.04 Å². The Morgan fingerprint density at radius 1 is 1.05 bits per heavy atom. The van der Waals surface area contributed by atoms with Gasteiger partial charge >= 0.3 is 0 Å². The molecule has 9 heteroatoms. The van der Waals surface area contributed by atoms with Crippen molar-refractivity contribution in [1.29, 1.82) is 0 Å². The molecule has 0 aromatic heterocycles. The summed E-state index contributed by atoms with van der Waals surface area (Å²) < 4.78 is -1.19. The van der Waals surface area contributed by atoms with Gasteiger partial charge in [-0.05, 0) is 75.8 Å². The van der Waals surface area contributed by atoms with E-state index in [0.29, 0.717) is 25.1 Å². The molecule has 2 aromatic carbocycles. The third-order valence-corrected chi connectivity index (χ3v) is 11.7. The highest BCUT2D eigenvalue weighted by atomic mass is 32.2. The maximum atomic E-state index is 14.5. The van der Waals surface area contributed by atoms with Gasteiger partial charge in [-0.15, -0.1) is 11.8 Å². The number of fused-ring (bicyclic) bond motifs is 1. The van der Waals surface area contributed by atoms with Crippen molar-refractivity contribution < 1.29 is 19.5 Å². The van der Waals surface area contributed by atoms with Crippen LogP contribution in [0, 0.1) is 17.8 Å². The van der Waals surface area contributed by atoms with E-state index < -0.39 is 33.4 Å². The fraction of sp³-hybridized carbons (Fsp3) is 0.559. The highest BCUT2D eigenvalue weighted by Gasteiger charge is 2.77. The first-order valence-corrected chi connectivity index (χ1v) is 16.5. The number of carbonyl (C=O) groups is 3. The summed E-state index contributed by atoms with van der Waals surface area (Å²) in [6.45, 7) is 12.3. The van der Waals surface area contributed by atoms with Gasteiger partial charge in [0.05, 0.1) is 29.2 Å². The number of thioether (sulfide) groups is 1. The normalized spacial score (nSPS) is 28.2. The van der Waals surface area contributed by atoms with Gasteiger partial charge in [0.15, 0.2) is 0 Å². The molecule has 0 aliphatic carbocycles. The van der Waals surface area contributed by atoms with Gasteiger partial charge in [-0.1, -0.05) is 44.2 Å². The van der Waals surface area contributed by atoms with Gasteiger partial charge in [0.25, 0.3) is 0 Å². The van der Waals surface area contributed by atoms with E-state index in [1.165, 1.54) is 0 Å². The van der Waals surface area contributed by atoms with Gasteiger partial charge < -0.3 is 25.5 Å². The van der Waals surface area contributed by atoms with Gasteiger partial charge in [-0.25, -0.2) is 0 Å². The zero-order valence-electron chi connectivity index (χ0n) is 26.0. The number of rotatable bonds is 12. The fourth-order valence-corrected chi connectivity index (χ4v) is 10.1. The number of hydrogen-bond donors (Lipinski definition) is 3. The molecule has 3 aliphatic heterocycles. The van der Waals surface area contributed by atoms with Crippen LogP contribution in [0.4, 0.5) is 11.4 Å². The molecule has 0 radical (unpaired) electrons. The largest absolute Gasteiger partial charge is 0.394 e. The number of nitrogens with one attached hydrogen (secondary N) is 2. The molecule has 232 valence electrons. The summed E-state index contributed by atoms with van der Waals surface area (Å²) in [6.07, 6.45) is 1.98. The van der Waals surface area contributed by atoms with Crippen molar-refractivity contribution in [3.63, 3.8) is 0 Å². The first kappa shape index (κ1) is 31.4. The van der Waals surface area contributed by atoms with Crippen LogP contribution in [0.1, 0.15) is 59.4 Å². The summed E-state index contributed by atoms with van der Waals surface area (Å²) in [5.41, 5.74) is 2.74. The number of benzene rings is 2. The lowest BCUT2D eigenvalue weighted by Gasteiger charge is -2.37. The summed E-state index contributed by atoms with van der Waals surface area (Å²) >= 11 is 1.65. The Labute approximate surface area is 260 Å². The maximum absolute atomic E-state index is 14.5.